The average Bonchev–Trinajstić information content (AvgIpc) is 2.76. The maximum atomic E-state index is 11.6. The van der Waals surface area contributed by atoms with E-state index in [2.05, 4.69) is 16.9 Å². The summed E-state index contributed by atoms with van der Waals surface area (Å²) in [5.41, 5.74) is 0. The minimum absolute atomic E-state index is 0.204. The van der Waals surface area contributed by atoms with Gasteiger partial charge in [-0.1, -0.05) is 12.8 Å². The van der Waals surface area contributed by atoms with E-state index in [-0.39, 0.29) is 5.91 Å². The second-order valence-corrected chi connectivity index (χ2v) is 5.85. The molecule has 0 bridgehead atoms. The van der Waals surface area contributed by atoms with Crippen LogP contribution in [0.15, 0.2) is 0 Å². The molecule has 0 aliphatic heterocycles. The molecule has 0 radical (unpaired) electrons. The minimum atomic E-state index is 0.204. The lowest BCUT2D eigenvalue weighted by molar-refractivity contribution is -0.121. The van der Waals surface area contributed by atoms with E-state index in [1.54, 1.807) is 0 Å². The highest BCUT2D eigenvalue weighted by molar-refractivity contribution is 8.00. The Balaban J connectivity index is 2.19. The van der Waals surface area contributed by atoms with Crippen molar-refractivity contribution in [1.29, 1.82) is 0 Å². The van der Waals surface area contributed by atoms with E-state index in [0.29, 0.717) is 11.2 Å². The molecule has 2 N–H and O–H groups in total. The normalized spacial score (nSPS) is 18.6. The molecule has 1 rings (SSSR count). The maximum absolute atomic E-state index is 11.6. The zero-order chi connectivity index (χ0) is 11.9. The second-order valence-electron chi connectivity index (χ2n) is 4.58. The summed E-state index contributed by atoms with van der Waals surface area (Å²) in [4.78, 5) is 11.6. The Morgan fingerprint density at radius 3 is 2.62 bits per heavy atom. The summed E-state index contributed by atoms with van der Waals surface area (Å²) in [5, 5.41) is 6.14. The highest BCUT2D eigenvalue weighted by Crippen LogP contribution is 2.39. The molecule has 0 unspecified atom stereocenters. The first-order valence-electron chi connectivity index (χ1n) is 6.19. The Morgan fingerprint density at radius 1 is 1.38 bits per heavy atom. The summed E-state index contributed by atoms with van der Waals surface area (Å²) in [6.45, 7) is 1.77. The molecule has 1 amide bonds. The summed E-state index contributed by atoms with van der Waals surface area (Å²) >= 11 is 1.92. The molecule has 3 nitrogen and oxygen atoms in total. The van der Waals surface area contributed by atoms with Crippen LogP contribution in [0.2, 0.25) is 0 Å². The van der Waals surface area contributed by atoms with Gasteiger partial charge in [0.25, 0.3) is 0 Å². The van der Waals surface area contributed by atoms with Crippen LogP contribution in [-0.4, -0.2) is 37.0 Å². The summed E-state index contributed by atoms with van der Waals surface area (Å²) < 4.78 is 0.332. The van der Waals surface area contributed by atoms with Crippen molar-refractivity contribution < 1.29 is 4.79 Å². The number of hydrogen-bond donors (Lipinski definition) is 2. The molecule has 0 aromatic carbocycles. The van der Waals surface area contributed by atoms with E-state index in [9.17, 15) is 4.79 Å². The number of carbonyl (C=O) groups is 1. The Morgan fingerprint density at radius 2 is 2.06 bits per heavy atom. The highest BCUT2D eigenvalue weighted by atomic mass is 32.2. The van der Waals surface area contributed by atoms with Crippen molar-refractivity contribution in [2.24, 2.45) is 0 Å². The first kappa shape index (κ1) is 13.8. The van der Waals surface area contributed by atoms with Crippen LogP contribution >= 0.6 is 11.8 Å². The molecule has 4 heteroatoms. The Hall–Kier alpha value is -0.220. The fourth-order valence-corrected chi connectivity index (χ4v) is 3.16. The number of nitrogens with one attached hydrogen (secondary N) is 2. The zero-order valence-corrected chi connectivity index (χ0v) is 11.3. The van der Waals surface area contributed by atoms with Gasteiger partial charge in [0.2, 0.25) is 5.91 Å². The second kappa shape index (κ2) is 7.17. The summed E-state index contributed by atoms with van der Waals surface area (Å²) in [5.74, 6) is 0.204. The summed E-state index contributed by atoms with van der Waals surface area (Å²) in [6, 6.07) is 0. The van der Waals surface area contributed by atoms with Crippen molar-refractivity contribution in [3.63, 3.8) is 0 Å². The van der Waals surface area contributed by atoms with Crippen LogP contribution in [0.25, 0.3) is 0 Å². The van der Waals surface area contributed by atoms with Gasteiger partial charge in [-0.25, -0.2) is 0 Å². The monoisotopic (exact) mass is 244 g/mol. The lowest BCUT2D eigenvalue weighted by Gasteiger charge is -2.26. The quantitative estimate of drug-likeness (QED) is 0.671. The van der Waals surface area contributed by atoms with Crippen molar-refractivity contribution in [3.05, 3.63) is 0 Å². The predicted molar refractivity (Wildman–Crippen MR) is 70.9 cm³/mol. The first-order valence-corrected chi connectivity index (χ1v) is 7.41. The van der Waals surface area contributed by atoms with Crippen molar-refractivity contribution in [2.45, 2.75) is 43.3 Å². The molecule has 0 atom stereocenters. The van der Waals surface area contributed by atoms with Crippen molar-refractivity contribution >= 4 is 17.7 Å². The number of hydrogen-bond acceptors (Lipinski definition) is 3. The summed E-state index contributed by atoms with van der Waals surface area (Å²) in [6.07, 6.45) is 8.88. The van der Waals surface area contributed by atoms with Crippen LogP contribution in [0, 0.1) is 0 Å². The molecule has 1 saturated carbocycles. The average molecular weight is 244 g/mol. The third-order valence-corrected chi connectivity index (χ3v) is 4.80. The van der Waals surface area contributed by atoms with Gasteiger partial charge in [-0.3, -0.25) is 4.79 Å². The lowest BCUT2D eigenvalue weighted by atomic mass is 10.1. The smallest absolute Gasteiger partial charge is 0.220 e. The summed E-state index contributed by atoms with van der Waals surface area (Å²) in [7, 11) is 1.92. The van der Waals surface area contributed by atoms with Gasteiger partial charge in [0, 0.05) is 17.7 Å². The van der Waals surface area contributed by atoms with Crippen LogP contribution in [0.5, 0.6) is 0 Å². The molecule has 0 saturated heterocycles. The highest BCUT2D eigenvalue weighted by Gasteiger charge is 2.32. The van der Waals surface area contributed by atoms with Crippen LogP contribution in [0.3, 0.4) is 0 Å². The maximum Gasteiger partial charge on any atom is 0.220 e. The van der Waals surface area contributed by atoms with Gasteiger partial charge in [0.05, 0.1) is 0 Å². The molecular weight excluding hydrogens is 220 g/mol. The molecule has 0 aromatic heterocycles. The molecule has 1 aliphatic rings. The number of amides is 1. The third kappa shape index (κ3) is 4.34. The molecule has 94 valence electrons. The largest absolute Gasteiger partial charge is 0.355 e. The van der Waals surface area contributed by atoms with E-state index in [1.807, 2.05) is 18.8 Å². The molecule has 16 heavy (non-hydrogen) atoms. The van der Waals surface area contributed by atoms with Crippen molar-refractivity contribution in [2.75, 3.05) is 26.4 Å². The molecule has 0 aromatic rings. The van der Waals surface area contributed by atoms with E-state index in [1.165, 1.54) is 25.7 Å². The minimum Gasteiger partial charge on any atom is -0.355 e. The Bertz CT molecular complexity index is 215. The van der Waals surface area contributed by atoms with Gasteiger partial charge in [0.15, 0.2) is 0 Å². The van der Waals surface area contributed by atoms with Crippen LogP contribution in [0.4, 0.5) is 0 Å². The van der Waals surface area contributed by atoms with E-state index >= 15 is 0 Å². The van der Waals surface area contributed by atoms with Gasteiger partial charge in [0.1, 0.15) is 0 Å². The molecule has 0 spiro atoms. The number of thioether (sulfide) groups is 1. The SMILES string of the molecule is CNCCCC(=O)NCC1(SC)CCCC1. The molecule has 1 aliphatic carbocycles. The molecule has 1 fully saturated rings. The fraction of sp³-hybridized carbons (Fsp3) is 0.917. The lowest BCUT2D eigenvalue weighted by Crippen LogP contribution is -2.38. The molecule has 0 heterocycles. The van der Waals surface area contributed by atoms with Gasteiger partial charge >= 0.3 is 0 Å². The van der Waals surface area contributed by atoms with Crippen LogP contribution in [0.1, 0.15) is 38.5 Å². The number of carbonyl (C=O) groups excluding carboxylic acids is 1. The predicted octanol–water partition coefficient (Wildman–Crippen LogP) is 1.78. The molecular formula is C12H24N2OS. The standard InChI is InChI=1S/C12H24N2OS/c1-13-9-5-6-11(15)14-10-12(16-2)7-3-4-8-12/h13H,3-10H2,1-2H3,(H,14,15). The van der Waals surface area contributed by atoms with Gasteiger partial charge < -0.3 is 10.6 Å². The zero-order valence-electron chi connectivity index (χ0n) is 10.5. The van der Waals surface area contributed by atoms with Gasteiger partial charge in [-0.2, -0.15) is 11.8 Å². The fourth-order valence-electron chi connectivity index (χ4n) is 2.25. The van der Waals surface area contributed by atoms with Crippen LogP contribution in [-0.2, 0) is 4.79 Å². The van der Waals surface area contributed by atoms with Crippen molar-refractivity contribution in [1.82, 2.24) is 10.6 Å². The Kier molecular flexibility index (Phi) is 6.21. The topological polar surface area (TPSA) is 41.1 Å². The van der Waals surface area contributed by atoms with Gasteiger partial charge in [-0.15, -0.1) is 0 Å². The van der Waals surface area contributed by atoms with Crippen LogP contribution < -0.4 is 10.6 Å². The van der Waals surface area contributed by atoms with Gasteiger partial charge in [-0.05, 0) is 39.1 Å². The first-order chi connectivity index (χ1) is 7.72. The third-order valence-electron chi connectivity index (χ3n) is 3.39. The van der Waals surface area contributed by atoms with E-state index in [0.717, 1.165) is 19.5 Å². The number of rotatable bonds is 7. The van der Waals surface area contributed by atoms with E-state index < -0.39 is 0 Å². The van der Waals surface area contributed by atoms with Crippen molar-refractivity contribution in [3.8, 4) is 0 Å². The Labute approximate surface area is 103 Å². The van der Waals surface area contributed by atoms with E-state index in [4.69, 9.17) is 0 Å².